The van der Waals surface area contributed by atoms with E-state index in [0.29, 0.717) is 6.42 Å². The number of nitrogens with two attached hydrogens (primary N) is 1. The third kappa shape index (κ3) is 5.80. The molecule has 0 spiro atoms. The summed E-state index contributed by atoms with van der Waals surface area (Å²) in [7, 11) is 4.17. The quantitative estimate of drug-likeness (QED) is 0.741. The Morgan fingerprint density at radius 1 is 1.22 bits per heavy atom. The molecule has 0 atom stereocenters. The van der Waals surface area contributed by atoms with Crippen LogP contribution in [0.2, 0.25) is 0 Å². The van der Waals surface area contributed by atoms with Gasteiger partial charge in [-0.05, 0) is 27.9 Å². The van der Waals surface area contributed by atoms with Gasteiger partial charge in [0.2, 0.25) is 5.91 Å². The summed E-state index contributed by atoms with van der Waals surface area (Å²) < 4.78 is 0. The maximum absolute atomic E-state index is 12.0. The second kappa shape index (κ2) is 6.50. The first-order valence-electron chi connectivity index (χ1n) is 6.72. The molecule has 0 aromatic carbocycles. The lowest BCUT2D eigenvalue weighted by Crippen LogP contribution is -2.51. The van der Waals surface area contributed by atoms with Crippen molar-refractivity contribution in [1.29, 1.82) is 0 Å². The summed E-state index contributed by atoms with van der Waals surface area (Å²) in [6.07, 6.45) is 0.435. The molecule has 1 amide bonds. The first kappa shape index (κ1) is 15.4. The Kier molecular flexibility index (Phi) is 5.56. The highest BCUT2D eigenvalue weighted by atomic mass is 16.2. The predicted octanol–water partition coefficient (Wildman–Crippen LogP) is -0.180. The molecule has 1 heterocycles. The minimum absolute atomic E-state index is 0.190. The fourth-order valence-corrected chi connectivity index (χ4v) is 2.06. The molecule has 5 nitrogen and oxygen atoms in total. The van der Waals surface area contributed by atoms with Gasteiger partial charge in [-0.1, -0.05) is 0 Å². The summed E-state index contributed by atoms with van der Waals surface area (Å²) in [6.45, 7) is 9.58. The van der Waals surface area contributed by atoms with Crippen LogP contribution in [0.5, 0.6) is 0 Å². The zero-order chi connectivity index (χ0) is 13.8. The monoisotopic (exact) mass is 256 g/mol. The molecule has 0 bridgehead atoms. The van der Waals surface area contributed by atoms with Gasteiger partial charge in [0.25, 0.3) is 0 Å². The van der Waals surface area contributed by atoms with Crippen LogP contribution in [-0.4, -0.2) is 79.5 Å². The van der Waals surface area contributed by atoms with Crippen molar-refractivity contribution in [3.8, 4) is 0 Å². The fourth-order valence-electron chi connectivity index (χ4n) is 2.06. The van der Waals surface area contributed by atoms with Crippen LogP contribution in [-0.2, 0) is 4.79 Å². The van der Waals surface area contributed by atoms with Crippen molar-refractivity contribution in [3.63, 3.8) is 0 Å². The van der Waals surface area contributed by atoms with Crippen molar-refractivity contribution in [3.05, 3.63) is 0 Å². The fraction of sp³-hybridized carbons (Fsp3) is 0.923. The van der Waals surface area contributed by atoms with Gasteiger partial charge in [-0.2, -0.15) is 0 Å². The van der Waals surface area contributed by atoms with E-state index in [1.54, 1.807) is 0 Å². The van der Waals surface area contributed by atoms with Crippen LogP contribution in [0.25, 0.3) is 0 Å². The topological polar surface area (TPSA) is 52.8 Å². The van der Waals surface area contributed by atoms with Gasteiger partial charge in [0, 0.05) is 51.2 Å². The Hall–Kier alpha value is -0.650. The van der Waals surface area contributed by atoms with E-state index in [0.717, 1.165) is 39.3 Å². The van der Waals surface area contributed by atoms with E-state index in [9.17, 15) is 4.79 Å². The lowest BCUT2D eigenvalue weighted by atomic mass is 10.0. The number of hydrogen-bond donors (Lipinski definition) is 1. The average Bonchev–Trinajstić information content (AvgIpc) is 2.24. The van der Waals surface area contributed by atoms with Gasteiger partial charge in [-0.25, -0.2) is 0 Å². The first-order chi connectivity index (χ1) is 8.28. The molecule has 0 aliphatic carbocycles. The van der Waals surface area contributed by atoms with Crippen molar-refractivity contribution >= 4 is 5.91 Å². The maximum atomic E-state index is 12.0. The van der Waals surface area contributed by atoms with E-state index in [4.69, 9.17) is 5.73 Å². The van der Waals surface area contributed by atoms with Crippen molar-refractivity contribution in [2.75, 3.05) is 53.4 Å². The van der Waals surface area contributed by atoms with E-state index in [-0.39, 0.29) is 5.91 Å². The maximum Gasteiger partial charge on any atom is 0.224 e. The summed E-state index contributed by atoms with van der Waals surface area (Å²) >= 11 is 0. The molecular weight excluding hydrogens is 228 g/mol. The Balaban J connectivity index is 2.28. The molecule has 1 aliphatic heterocycles. The van der Waals surface area contributed by atoms with Crippen LogP contribution in [0.15, 0.2) is 0 Å². The molecule has 1 fully saturated rings. The lowest BCUT2D eigenvalue weighted by Gasteiger charge is -2.36. The SMILES string of the molecule is CN(C)CCN1CCN(C(=O)CC(C)(C)N)CC1. The van der Waals surface area contributed by atoms with Crippen molar-refractivity contribution in [2.24, 2.45) is 5.73 Å². The molecule has 18 heavy (non-hydrogen) atoms. The Labute approximate surface area is 111 Å². The van der Waals surface area contributed by atoms with Crippen molar-refractivity contribution in [2.45, 2.75) is 25.8 Å². The minimum atomic E-state index is -0.404. The number of hydrogen-bond acceptors (Lipinski definition) is 4. The van der Waals surface area contributed by atoms with Gasteiger partial charge < -0.3 is 15.5 Å². The lowest BCUT2D eigenvalue weighted by molar-refractivity contribution is -0.134. The van der Waals surface area contributed by atoms with E-state index in [1.165, 1.54) is 0 Å². The van der Waals surface area contributed by atoms with Crippen LogP contribution in [0, 0.1) is 0 Å². The number of carbonyl (C=O) groups excluding carboxylic acids is 1. The molecule has 0 radical (unpaired) electrons. The average molecular weight is 256 g/mol. The molecule has 106 valence electrons. The number of rotatable bonds is 5. The van der Waals surface area contributed by atoms with E-state index in [1.807, 2.05) is 18.7 Å². The molecule has 1 aliphatic rings. The standard InChI is InChI=1S/C13H28N4O/c1-13(2,14)11-12(18)17-9-7-16(8-10-17)6-5-15(3)4/h5-11,14H2,1-4H3. The third-order valence-electron chi connectivity index (χ3n) is 3.20. The summed E-state index contributed by atoms with van der Waals surface area (Å²) in [5, 5.41) is 0. The molecule has 1 rings (SSSR count). The number of likely N-dealkylation sites (N-methyl/N-ethyl adjacent to an activating group) is 1. The highest BCUT2D eigenvalue weighted by Gasteiger charge is 2.24. The summed E-state index contributed by atoms with van der Waals surface area (Å²) in [5.41, 5.74) is 5.48. The van der Waals surface area contributed by atoms with E-state index in [2.05, 4.69) is 23.9 Å². The Morgan fingerprint density at radius 3 is 2.22 bits per heavy atom. The van der Waals surface area contributed by atoms with Crippen LogP contribution in [0.1, 0.15) is 20.3 Å². The van der Waals surface area contributed by atoms with E-state index < -0.39 is 5.54 Å². The summed E-state index contributed by atoms with van der Waals surface area (Å²) in [4.78, 5) is 18.6. The van der Waals surface area contributed by atoms with Crippen LogP contribution in [0.4, 0.5) is 0 Å². The molecule has 0 saturated carbocycles. The molecule has 2 N–H and O–H groups in total. The Bertz CT molecular complexity index is 265. The molecule has 0 aromatic heterocycles. The summed E-state index contributed by atoms with van der Waals surface area (Å²) in [5.74, 6) is 0.190. The van der Waals surface area contributed by atoms with Crippen LogP contribution < -0.4 is 5.73 Å². The minimum Gasteiger partial charge on any atom is -0.340 e. The number of carbonyl (C=O) groups is 1. The molecule has 1 saturated heterocycles. The van der Waals surface area contributed by atoms with Gasteiger partial charge >= 0.3 is 0 Å². The second-order valence-electron chi connectivity index (χ2n) is 6.19. The molecule has 5 heteroatoms. The van der Waals surface area contributed by atoms with Gasteiger partial charge in [0.05, 0.1) is 0 Å². The normalized spacial score (nSPS) is 18.4. The third-order valence-corrected chi connectivity index (χ3v) is 3.20. The smallest absolute Gasteiger partial charge is 0.224 e. The molecular formula is C13H28N4O. The number of piperazine rings is 1. The predicted molar refractivity (Wildman–Crippen MR) is 74.5 cm³/mol. The van der Waals surface area contributed by atoms with Crippen LogP contribution >= 0.6 is 0 Å². The zero-order valence-electron chi connectivity index (χ0n) is 12.3. The second-order valence-corrected chi connectivity index (χ2v) is 6.19. The Morgan fingerprint density at radius 2 is 1.78 bits per heavy atom. The van der Waals surface area contributed by atoms with Gasteiger partial charge in [0.15, 0.2) is 0 Å². The van der Waals surface area contributed by atoms with Crippen LogP contribution in [0.3, 0.4) is 0 Å². The van der Waals surface area contributed by atoms with Gasteiger partial charge in [-0.15, -0.1) is 0 Å². The van der Waals surface area contributed by atoms with Crippen molar-refractivity contribution < 1.29 is 4.79 Å². The van der Waals surface area contributed by atoms with E-state index >= 15 is 0 Å². The van der Waals surface area contributed by atoms with Gasteiger partial charge in [0.1, 0.15) is 0 Å². The highest BCUT2D eigenvalue weighted by molar-refractivity contribution is 5.77. The summed E-state index contributed by atoms with van der Waals surface area (Å²) in [6, 6.07) is 0. The zero-order valence-corrected chi connectivity index (χ0v) is 12.3. The number of amides is 1. The first-order valence-corrected chi connectivity index (χ1v) is 6.72. The largest absolute Gasteiger partial charge is 0.340 e. The van der Waals surface area contributed by atoms with Gasteiger partial charge in [-0.3, -0.25) is 9.69 Å². The molecule has 0 aromatic rings. The number of nitrogens with zero attached hydrogens (tertiary/aromatic N) is 3. The molecule has 0 unspecified atom stereocenters. The van der Waals surface area contributed by atoms with Crippen molar-refractivity contribution in [1.82, 2.24) is 14.7 Å². The highest BCUT2D eigenvalue weighted by Crippen LogP contribution is 2.09.